The van der Waals surface area contributed by atoms with Crippen molar-refractivity contribution in [3.63, 3.8) is 0 Å². The molecule has 0 aliphatic heterocycles. The van der Waals surface area contributed by atoms with E-state index in [1.54, 1.807) is 7.11 Å². The van der Waals surface area contributed by atoms with Crippen LogP contribution in [0.15, 0.2) is 0 Å². The smallest absolute Gasteiger partial charge is 0.122 e. The van der Waals surface area contributed by atoms with E-state index in [1.165, 1.54) is 0 Å². The summed E-state index contributed by atoms with van der Waals surface area (Å²) in [6.07, 6.45) is 4.43. The highest BCUT2D eigenvalue weighted by molar-refractivity contribution is 5.51. The molecule has 0 heterocycles. The molecule has 1 rings (SSSR count). The van der Waals surface area contributed by atoms with Gasteiger partial charge in [-0.25, -0.2) is 0 Å². The van der Waals surface area contributed by atoms with Gasteiger partial charge in [0, 0.05) is 20.0 Å². The second-order valence-corrected chi connectivity index (χ2v) is 3.55. The van der Waals surface area contributed by atoms with Gasteiger partial charge in [0.1, 0.15) is 6.29 Å². The molecule has 0 bridgehead atoms. The van der Waals surface area contributed by atoms with E-state index in [0.29, 0.717) is 6.42 Å². The van der Waals surface area contributed by atoms with Crippen LogP contribution in [-0.4, -0.2) is 30.2 Å². The maximum absolute atomic E-state index is 10.3. The molecular formula is C9H16O3. The van der Waals surface area contributed by atoms with Crippen LogP contribution in [0.25, 0.3) is 0 Å². The Morgan fingerprint density at radius 1 is 1.75 bits per heavy atom. The first-order valence-corrected chi connectivity index (χ1v) is 4.39. The standard InChI is InChI=1S/C9H16O3/c1-12-8-3-2-4-9(11,7-8)5-6-10/h6,8,11H,2-5,7H2,1H3. The third-order valence-electron chi connectivity index (χ3n) is 2.57. The molecule has 1 saturated carbocycles. The van der Waals surface area contributed by atoms with Gasteiger partial charge in [0.2, 0.25) is 0 Å². The summed E-state index contributed by atoms with van der Waals surface area (Å²) in [7, 11) is 1.65. The highest BCUT2D eigenvalue weighted by Gasteiger charge is 2.33. The van der Waals surface area contributed by atoms with Gasteiger partial charge in [-0.05, 0) is 19.3 Å². The molecule has 1 aliphatic rings. The van der Waals surface area contributed by atoms with Crippen molar-refractivity contribution in [1.29, 1.82) is 0 Å². The Hall–Kier alpha value is -0.410. The summed E-state index contributed by atoms with van der Waals surface area (Å²) >= 11 is 0. The molecule has 0 amide bonds. The van der Waals surface area contributed by atoms with E-state index in [-0.39, 0.29) is 12.5 Å². The zero-order chi connectivity index (χ0) is 9.03. The number of carbonyl (C=O) groups is 1. The average Bonchev–Trinajstić information content (AvgIpc) is 2.04. The number of rotatable bonds is 3. The summed E-state index contributed by atoms with van der Waals surface area (Å²) in [5, 5.41) is 9.86. The fraction of sp³-hybridized carbons (Fsp3) is 0.889. The van der Waals surface area contributed by atoms with Crippen LogP contribution in [-0.2, 0) is 9.53 Å². The summed E-state index contributed by atoms with van der Waals surface area (Å²) < 4.78 is 5.16. The molecule has 1 aliphatic carbocycles. The van der Waals surface area contributed by atoms with Gasteiger partial charge in [-0.15, -0.1) is 0 Å². The first-order valence-electron chi connectivity index (χ1n) is 4.39. The summed E-state index contributed by atoms with van der Waals surface area (Å²) in [5.74, 6) is 0. The van der Waals surface area contributed by atoms with Gasteiger partial charge >= 0.3 is 0 Å². The molecule has 0 spiro atoms. The van der Waals surface area contributed by atoms with Crippen molar-refractivity contribution < 1.29 is 14.6 Å². The SMILES string of the molecule is COC1CCCC(O)(CC=O)C1. The first-order chi connectivity index (χ1) is 5.70. The molecule has 2 unspecified atom stereocenters. The molecule has 0 radical (unpaired) electrons. The minimum atomic E-state index is -0.791. The van der Waals surface area contributed by atoms with E-state index in [4.69, 9.17) is 4.74 Å². The van der Waals surface area contributed by atoms with Gasteiger partial charge in [-0.3, -0.25) is 0 Å². The van der Waals surface area contributed by atoms with Crippen molar-refractivity contribution in [2.45, 2.75) is 43.8 Å². The molecule has 0 aromatic rings. The molecule has 0 aromatic carbocycles. The largest absolute Gasteiger partial charge is 0.389 e. The predicted molar refractivity (Wildman–Crippen MR) is 44.9 cm³/mol. The summed E-state index contributed by atoms with van der Waals surface area (Å²) in [4.78, 5) is 10.3. The Morgan fingerprint density at radius 2 is 2.50 bits per heavy atom. The van der Waals surface area contributed by atoms with E-state index in [2.05, 4.69) is 0 Å². The molecule has 0 saturated heterocycles. The van der Waals surface area contributed by atoms with Crippen molar-refractivity contribution in [3.8, 4) is 0 Å². The fourth-order valence-electron chi connectivity index (χ4n) is 1.83. The van der Waals surface area contributed by atoms with Crippen molar-refractivity contribution in [3.05, 3.63) is 0 Å². The van der Waals surface area contributed by atoms with Crippen molar-refractivity contribution >= 4 is 6.29 Å². The number of ether oxygens (including phenoxy) is 1. The van der Waals surface area contributed by atoms with Gasteiger partial charge < -0.3 is 14.6 Å². The number of hydrogen-bond acceptors (Lipinski definition) is 3. The van der Waals surface area contributed by atoms with Crippen LogP contribution in [0.5, 0.6) is 0 Å². The Bertz CT molecular complexity index is 158. The average molecular weight is 172 g/mol. The van der Waals surface area contributed by atoms with Crippen LogP contribution in [0.1, 0.15) is 32.1 Å². The van der Waals surface area contributed by atoms with Crippen molar-refractivity contribution in [2.75, 3.05) is 7.11 Å². The highest BCUT2D eigenvalue weighted by atomic mass is 16.5. The molecule has 3 heteroatoms. The third kappa shape index (κ3) is 2.29. The molecule has 1 fully saturated rings. The van der Waals surface area contributed by atoms with Gasteiger partial charge in [0.15, 0.2) is 0 Å². The predicted octanol–water partition coefficient (Wildman–Crippen LogP) is 0.896. The van der Waals surface area contributed by atoms with Crippen LogP contribution in [0.3, 0.4) is 0 Å². The molecule has 2 atom stereocenters. The zero-order valence-corrected chi connectivity index (χ0v) is 7.45. The lowest BCUT2D eigenvalue weighted by atomic mass is 9.81. The second-order valence-electron chi connectivity index (χ2n) is 3.55. The van der Waals surface area contributed by atoms with Gasteiger partial charge in [0.05, 0.1) is 11.7 Å². The number of hydrogen-bond donors (Lipinski definition) is 1. The Balaban J connectivity index is 2.48. The minimum Gasteiger partial charge on any atom is -0.389 e. The maximum Gasteiger partial charge on any atom is 0.122 e. The van der Waals surface area contributed by atoms with Crippen molar-refractivity contribution in [1.82, 2.24) is 0 Å². The van der Waals surface area contributed by atoms with Crippen LogP contribution in [0, 0.1) is 0 Å². The lowest BCUT2D eigenvalue weighted by Crippen LogP contribution is -2.38. The van der Waals surface area contributed by atoms with E-state index in [9.17, 15) is 9.90 Å². The van der Waals surface area contributed by atoms with Crippen molar-refractivity contribution in [2.24, 2.45) is 0 Å². The van der Waals surface area contributed by atoms with E-state index in [0.717, 1.165) is 25.5 Å². The van der Waals surface area contributed by atoms with Crippen LogP contribution < -0.4 is 0 Å². The van der Waals surface area contributed by atoms with Crippen LogP contribution in [0.2, 0.25) is 0 Å². The third-order valence-corrected chi connectivity index (χ3v) is 2.57. The van der Waals surface area contributed by atoms with E-state index in [1.807, 2.05) is 0 Å². The molecular weight excluding hydrogens is 156 g/mol. The Kier molecular flexibility index (Phi) is 3.23. The number of carbonyl (C=O) groups excluding carboxylic acids is 1. The van der Waals surface area contributed by atoms with E-state index >= 15 is 0 Å². The Labute approximate surface area is 72.7 Å². The summed E-state index contributed by atoms with van der Waals surface area (Å²) in [6.45, 7) is 0. The Morgan fingerprint density at radius 3 is 3.08 bits per heavy atom. The molecule has 70 valence electrons. The number of methoxy groups -OCH3 is 1. The zero-order valence-electron chi connectivity index (χ0n) is 7.45. The van der Waals surface area contributed by atoms with Crippen LogP contribution in [0.4, 0.5) is 0 Å². The summed E-state index contributed by atoms with van der Waals surface area (Å²) in [5.41, 5.74) is -0.791. The second kappa shape index (κ2) is 4.01. The topological polar surface area (TPSA) is 46.5 Å². The van der Waals surface area contributed by atoms with Crippen LogP contribution >= 0.6 is 0 Å². The summed E-state index contributed by atoms with van der Waals surface area (Å²) in [6, 6.07) is 0. The number of aliphatic hydroxyl groups is 1. The fourth-order valence-corrected chi connectivity index (χ4v) is 1.83. The lowest BCUT2D eigenvalue weighted by Gasteiger charge is -2.34. The highest BCUT2D eigenvalue weighted by Crippen LogP contribution is 2.31. The van der Waals surface area contributed by atoms with E-state index < -0.39 is 5.60 Å². The van der Waals surface area contributed by atoms with Gasteiger partial charge in [-0.2, -0.15) is 0 Å². The maximum atomic E-state index is 10.3. The first kappa shape index (κ1) is 9.68. The quantitative estimate of drug-likeness (QED) is 0.643. The van der Waals surface area contributed by atoms with Gasteiger partial charge in [-0.1, -0.05) is 0 Å². The molecule has 0 aromatic heterocycles. The molecule has 3 nitrogen and oxygen atoms in total. The molecule has 1 N–H and O–H groups in total. The molecule has 12 heavy (non-hydrogen) atoms. The number of aldehydes is 1. The minimum absolute atomic E-state index is 0.128. The lowest BCUT2D eigenvalue weighted by molar-refractivity contribution is -0.116. The van der Waals surface area contributed by atoms with Gasteiger partial charge in [0.25, 0.3) is 0 Å². The normalized spacial score (nSPS) is 36.3. The monoisotopic (exact) mass is 172 g/mol.